The van der Waals surface area contributed by atoms with Gasteiger partial charge in [-0.1, -0.05) is 67.6 Å². The third kappa shape index (κ3) is 1.81. The number of likely N-dealkylation sites (tertiary alicyclic amines) is 1. The van der Waals surface area contributed by atoms with Gasteiger partial charge in [0.05, 0.1) is 5.54 Å². The van der Waals surface area contributed by atoms with Crippen molar-refractivity contribution in [1.82, 2.24) is 4.90 Å². The van der Waals surface area contributed by atoms with Crippen molar-refractivity contribution < 1.29 is 0 Å². The number of nitrogens with zero attached hydrogens (tertiary/aromatic N) is 1. The predicted molar refractivity (Wildman–Crippen MR) is 80.1 cm³/mol. The fourth-order valence-electron chi connectivity index (χ4n) is 3.71. The van der Waals surface area contributed by atoms with Crippen molar-refractivity contribution in [2.24, 2.45) is 5.92 Å². The van der Waals surface area contributed by atoms with Crippen molar-refractivity contribution in [1.29, 1.82) is 0 Å². The van der Waals surface area contributed by atoms with Gasteiger partial charge in [-0.25, -0.2) is 0 Å². The van der Waals surface area contributed by atoms with E-state index in [1.807, 2.05) is 0 Å². The fourth-order valence-corrected chi connectivity index (χ4v) is 3.71. The molecule has 2 aromatic carbocycles. The Labute approximate surface area is 115 Å². The molecule has 98 valence electrons. The zero-order valence-corrected chi connectivity index (χ0v) is 11.7. The molecule has 1 atom stereocenters. The van der Waals surface area contributed by atoms with Gasteiger partial charge in [0.1, 0.15) is 0 Å². The van der Waals surface area contributed by atoms with Crippen molar-refractivity contribution in [2.75, 3.05) is 13.6 Å². The molecule has 0 radical (unpaired) electrons. The van der Waals surface area contributed by atoms with Gasteiger partial charge in [0, 0.05) is 0 Å². The summed E-state index contributed by atoms with van der Waals surface area (Å²) in [5.74, 6) is 0.627. The van der Waals surface area contributed by atoms with Crippen LogP contribution in [0, 0.1) is 5.92 Å². The van der Waals surface area contributed by atoms with E-state index < -0.39 is 0 Å². The lowest BCUT2D eigenvalue weighted by Crippen LogP contribution is -2.43. The van der Waals surface area contributed by atoms with Crippen LogP contribution in [0.5, 0.6) is 0 Å². The Hall–Kier alpha value is -1.60. The molecule has 1 aliphatic heterocycles. The van der Waals surface area contributed by atoms with Crippen LogP contribution in [0.25, 0.3) is 0 Å². The van der Waals surface area contributed by atoms with Crippen LogP contribution in [0.1, 0.15) is 24.5 Å². The molecule has 1 nitrogen and oxygen atoms in total. The first-order valence-corrected chi connectivity index (χ1v) is 7.08. The molecule has 3 rings (SSSR count). The van der Waals surface area contributed by atoms with Crippen LogP contribution in [0.3, 0.4) is 0 Å². The maximum Gasteiger partial charge on any atom is 0.0739 e. The Morgan fingerprint density at radius 3 is 1.74 bits per heavy atom. The number of benzene rings is 2. The molecule has 1 saturated heterocycles. The molecule has 2 aromatic rings. The van der Waals surface area contributed by atoms with Crippen LogP contribution in [-0.2, 0) is 5.54 Å². The average molecular weight is 251 g/mol. The maximum absolute atomic E-state index is 2.52. The highest BCUT2D eigenvalue weighted by molar-refractivity contribution is 5.40. The second kappa shape index (κ2) is 4.82. The molecule has 0 spiro atoms. The van der Waals surface area contributed by atoms with E-state index in [0.29, 0.717) is 5.92 Å². The summed E-state index contributed by atoms with van der Waals surface area (Å²) in [5, 5.41) is 0. The van der Waals surface area contributed by atoms with E-state index in [-0.39, 0.29) is 5.54 Å². The van der Waals surface area contributed by atoms with E-state index in [1.165, 1.54) is 17.5 Å². The van der Waals surface area contributed by atoms with E-state index in [9.17, 15) is 0 Å². The SMILES string of the molecule is CC1CCN(C)C1(c1ccccc1)c1ccccc1. The summed E-state index contributed by atoms with van der Waals surface area (Å²) in [5.41, 5.74) is 2.85. The summed E-state index contributed by atoms with van der Waals surface area (Å²) >= 11 is 0. The summed E-state index contributed by atoms with van der Waals surface area (Å²) in [6.07, 6.45) is 1.25. The van der Waals surface area contributed by atoms with Crippen molar-refractivity contribution >= 4 is 0 Å². The van der Waals surface area contributed by atoms with Gasteiger partial charge in [-0.3, -0.25) is 4.90 Å². The van der Waals surface area contributed by atoms with E-state index in [4.69, 9.17) is 0 Å². The molecule has 0 aliphatic carbocycles. The Morgan fingerprint density at radius 2 is 1.37 bits per heavy atom. The largest absolute Gasteiger partial charge is 0.293 e. The van der Waals surface area contributed by atoms with Crippen molar-refractivity contribution in [3.05, 3.63) is 71.8 Å². The normalized spacial score (nSPS) is 22.5. The predicted octanol–water partition coefficient (Wildman–Crippen LogP) is 3.90. The quantitative estimate of drug-likeness (QED) is 0.782. The molecule has 1 aliphatic rings. The highest BCUT2D eigenvalue weighted by atomic mass is 15.2. The van der Waals surface area contributed by atoms with Crippen molar-refractivity contribution in [3.63, 3.8) is 0 Å². The summed E-state index contributed by atoms with van der Waals surface area (Å²) in [4.78, 5) is 2.52. The fraction of sp³-hybridized carbons (Fsp3) is 0.333. The highest BCUT2D eigenvalue weighted by Crippen LogP contribution is 2.47. The smallest absolute Gasteiger partial charge is 0.0739 e. The van der Waals surface area contributed by atoms with Crippen molar-refractivity contribution in [3.8, 4) is 0 Å². The van der Waals surface area contributed by atoms with Gasteiger partial charge in [0.25, 0.3) is 0 Å². The lowest BCUT2D eigenvalue weighted by Gasteiger charge is -2.41. The van der Waals surface area contributed by atoms with Gasteiger partial charge in [0.2, 0.25) is 0 Å². The van der Waals surface area contributed by atoms with Gasteiger partial charge in [-0.05, 0) is 37.1 Å². The van der Waals surface area contributed by atoms with Crippen LogP contribution in [0.4, 0.5) is 0 Å². The molecule has 1 heteroatoms. The molecule has 1 unspecified atom stereocenters. The van der Waals surface area contributed by atoms with Gasteiger partial charge < -0.3 is 0 Å². The number of rotatable bonds is 2. The van der Waals surface area contributed by atoms with E-state index >= 15 is 0 Å². The number of hydrogen-bond acceptors (Lipinski definition) is 1. The Bertz CT molecular complexity index is 481. The molecule has 0 aromatic heterocycles. The van der Waals surface area contributed by atoms with Crippen LogP contribution in [-0.4, -0.2) is 18.5 Å². The van der Waals surface area contributed by atoms with Crippen LogP contribution < -0.4 is 0 Å². The van der Waals surface area contributed by atoms with Gasteiger partial charge >= 0.3 is 0 Å². The molecule has 19 heavy (non-hydrogen) atoms. The van der Waals surface area contributed by atoms with E-state index in [0.717, 1.165) is 6.54 Å². The van der Waals surface area contributed by atoms with E-state index in [1.54, 1.807) is 0 Å². The molecule has 1 fully saturated rings. The minimum atomic E-state index is 0.0303. The molecule has 0 saturated carbocycles. The Kier molecular flexibility index (Phi) is 3.16. The number of hydrogen-bond donors (Lipinski definition) is 0. The summed E-state index contributed by atoms with van der Waals surface area (Å²) in [7, 11) is 2.25. The zero-order valence-electron chi connectivity index (χ0n) is 11.7. The van der Waals surface area contributed by atoms with Gasteiger partial charge in [-0.15, -0.1) is 0 Å². The Balaban J connectivity index is 2.22. The first kappa shape index (κ1) is 12.4. The second-order valence-electron chi connectivity index (χ2n) is 5.61. The lowest BCUT2D eigenvalue weighted by molar-refractivity contribution is 0.184. The van der Waals surface area contributed by atoms with Crippen molar-refractivity contribution in [2.45, 2.75) is 18.9 Å². The van der Waals surface area contributed by atoms with Crippen LogP contribution in [0.15, 0.2) is 60.7 Å². The third-order valence-corrected chi connectivity index (χ3v) is 4.64. The zero-order chi connectivity index (χ0) is 13.3. The minimum absolute atomic E-state index is 0.0303. The van der Waals surface area contributed by atoms with Gasteiger partial charge in [-0.2, -0.15) is 0 Å². The van der Waals surface area contributed by atoms with Gasteiger partial charge in [0.15, 0.2) is 0 Å². The average Bonchev–Trinajstić information content (AvgIpc) is 2.77. The molecule has 0 amide bonds. The summed E-state index contributed by atoms with van der Waals surface area (Å²) in [6.45, 7) is 3.54. The topological polar surface area (TPSA) is 3.24 Å². The van der Waals surface area contributed by atoms with E-state index in [2.05, 4.69) is 79.5 Å². The standard InChI is InChI=1S/C18H21N/c1-15-13-14-19(2)18(15,16-9-5-3-6-10-16)17-11-7-4-8-12-17/h3-12,15H,13-14H2,1-2H3. The second-order valence-corrected chi connectivity index (χ2v) is 5.61. The first-order valence-electron chi connectivity index (χ1n) is 7.08. The minimum Gasteiger partial charge on any atom is -0.293 e. The molecular weight excluding hydrogens is 230 g/mol. The first-order chi connectivity index (χ1) is 9.26. The summed E-state index contributed by atoms with van der Waals surface area (Å²) in [6, 6.07) is 21.9. The monoisotopic (exact) mass is 251 g/mol. The molecule has 0 bridgehead atoms. The van der Waals surface area contributed by atoms with Crippen LogP contribution in [0.2, 0.25) is 0 Å². The Morgan fingerprint density at radius 1 is 0.895 bits per heavy atom. The van der Waals surface area contributed by atoms with Crippen LogP contribution >= 0.6 is 0 Å². The summed E-state index contributed by atoms with van der Waals surface area (Å²) < 4.78 is 0. The third-order valence-electron chi connectivity index (χ3n) is 4.64. The molecule has 1 heterocycles. The maximum atomic E-state index is 2.52. The lowest BCUT2D eigenvalue weighted by atomic mass is 9.74. The molecule has 0 N–H and O–H groups in total. The molecular formula is C18H21N. The highest BCUT2D eigenvalue weighted by Gasteiger charge is 2.47.